The van der Waals surface area contributed by atoms with Gasteiger partial charge in [0.2, 0.25) is 5.91 Å². The minimum Gasteiger partial charge on any atom is -0.444 e. The Morgan fingerprint density at radius 1 is 0.783 bits per heavy atom. The first-order valence-electron chi connectivity index (χ1n) is 16.4. The van der Waals surface area contributed by atoms with E-state index in [1.165, 1.54) is 0 Å². The van der Waals surface area contributed by atoms with Crippen LogP contribution in [-0.2, 0) is 9.53 Å². The third-order valence-electron chi connectivity index (χ3n) is 8.97. The van der Waals surface area contributed by atoms with Crippen LogP contribution in [0.5, 0.6) is 0 Å². The molecule has 2 unspecified atom stereocenters. The minimum atomic E-state index is -0.536. The SMILES string of the molecule is CC(C)C(N)C(=O)N1CCCC1c1ncc(-c2ccc(-c3ccc(-c4cnc([C@@H]5CCCN5C(=O)OC(C)(C)C)[nH]4)cc3)cc2)[nH]1. The van der Waals surface area contributed by atoms with Crippen molar-refractivity contribution in [3.63, 3.8) is 0 Å². The fraction of sp³-hybridized carbons (Fsp3) is 0.444. The Morgan fingerprint density at radius 2 is 1.22 bits per heavy atom. The molecule has 4 aromatic rings. The largest absolute Gasteiger partial charge is 0.444 e. The first-order chi connectivity index (χ1) is 22.0. The number of amides is 2. The van der Waals surface area contributed by atoms with E-state index in [2.05, 4.69) is 68.5 Å². The molecule has 2 aromatic carbocycles. The molecule has 242 valence electrons. The number of carbonyl (C=O) groups excluding carboxylic acids is 2. The van der Waals surface area contributed by atoms with Gasteiger partial charge in [-0.15, -0.1) is 0 Å². The number of nitrogens with zero attached hydrogens (tertiary/aromatic N) is 4. The number of likely N-dealkylation sites (tertiary alicyclic amines) is 2. The summed E-state index contributed by atoms with van der Waals surface area (Å²) in [6.07, 6.45) is 6.98. The zero-order valence-corrected chi connectivity index (χ0v) is 27.4. The van der Waals surface area contributed by atoms with E-state index in [4.69, 9.17) is 10.5 Å². The van der Waals surface area contributed by atoms with E-state index in [1.807, 2.05) is 51.9 Å². The number of benzene rings is 2. The van der Waals surface area contributed by atoms with Crippen molar-refractivity contribution >= 4 is 12.0 Å². The fourth-order valence-electron chi connectivity index (χ4n) is 6.37. The van der Waals surface area contributed by atoms with Crippen molar-refractivity contribution < 1.29 is 14.3 Å². The quantitative estimate of drug-likeness (QED) is 0.206. The normalized spacial score (nSPS) is 19.2. The molecule has 10 nitrogen and oxygen atoms in total. The van der Waals surface area contributed by atoms with Gasteiger partial charge in [-0.3, -0.25) is 9.69 Å². The molecule has 4 N–H and O–H groups in total. The van der Waals surface area contributed by atoms with Crippen molar-refractivity contribution in [3.05, 3.63) is 72.6 Å². The van der Waals surface area contributed by atoms with Gasteiger partial charge in [0, 0.05) is 13.1 Å². The highest BCUT2D eigenvalue weighted by Gasteiger charge is 2.36. The van der Waals surface area contributed by atoms with E-state index >= 15 is 0 Å². The number of hydrogen-bond acceptors (Lipinski definition) is 6. The molecule has 10 heteroatoms. The molecule has 0 bridgehead atoms. The summed E-state index contributed by atoms with van der Waals surface area (Å²) in [5.41, 5.74) is 11.8. The number of ether oxygens (including phenoxy) is 1. The Kier molecular flexibility index (Phi) is 8.74. The summed E-state index contributed by atoms with van der Waals surface area (Å²) >= 11 is 0. The van der Waals surface area contributed by atoms with Gasteiger partial charge in [-0.1, -0.05) is 62.4 Å². The van der Waals surface area contributed by atoms with E-state index in [1.54, 1.807) is 4.90 Å². The molecule has 0 saturated carbocycles. The maximum absolute atomic E-state index is 13.0. The zero-order chi connectivity index (χ0) is 32.6. The second-order valence-corrected chi connectivity index (χ2v) is 13.8. The monoisotopic (exact) mass is 623 g/mol. The zero-order valence-electron chi connectivity index (χ0n) is 27.4. The van der Waals surface area contributed by atoms with Gasteiger partial charge in [-0.2, -0.15) is 0 Å². The summed E-state index contributed by atoms with van der Waals surface area (Å²) in [5, 5.41) is 0. The number of nitrogens with one attached hydrogen (secondary N) is 2. The van der Waals surface area contributed by atoms with Gasteiger partial charge in [0.1, 0.15) is 17.2 Å². The number of aromatic amines is 2. The lowest BCUT2D eigenvalue weighted by Crippen LogP contribution is -2.46. The van der Waals surface area contributed by atoms with Crippen LogP contribution >= 0.6 is 0 Å². The summed E-state index contributed by atoms with van der Waals surface area (Å²) in [6, 6.07) is 16.1. The van der Waals surface area contributed by atoms with Gasteiger partial charge in [0.05, 0.1) is 41.9 Å². The molecule has 0 aliphatic carbocycles. The maximum atomic E-state index is 13.0. The third kappa shape index (κ3) is 6.58. The van der Waals surface area contributed by atoms with E-state index < -0.39 is 11.6 Å². The minimum absolute atomic E-state index is 0.00236. The van der Waals surface area contributed by atoms with Crippen LogP contribution in [-0.4, -0.2) is 66.5 Å². The molecule has 2 fully saturated rings. The van der Waals surface area contributed by atoms with Crippen LogP contribution in [0.4, 0.5) is 4.79 Å². The number of H-pyrrole nitrogens is 2. The Bertz CT molecular complexity index is 1670. The number of aromatic nitrogens is 4. The molecular weight excluding hydrogens is 578 g/mol. The highest BCUT2D eigenvalue weighted by atomic mass is 16.6. The predicted octanol–water partition coefficient (Wildman–Crippen LogP) is 6.85. The van der Waals surface area contributed by atoms with Crippen LogP contribution < -0.4 is 5.73 Å². The summed E-state index contributed by atoms with van der Waals surface area (Å²) < 4.78 is 5.62. The van der Waals surface area contributed by atoms with Crippen molar-refractivity contribution in [2.75, 3.05) is 13.1 Å². The van der Waals surface area contributed by atoms with E-state index in [9.17, 15) is 9.59 Å². The van der Waals surface area contributed by atoms with E-state index in [0.717, 1.165) is 71.0 Å². The fourth-order valence-corrected chi connectivity index (χ4v) is 6.37. The van der Waals surface area contributed by atoms with Crippen molar-refractivity contribution in [2.45, 2.75) is 84.0 Å². The molecule has 2 aliphatic heterocycles. The van der Waals surface area contributed by atoms with Crippen LogP contribution in [0.1, 0.15) is 84.0 Å². The molecule has 2 aliphatic rings. The summed E-state index contributed by atoms with van der Waals surface area (Å²) in [4.78, 5) is 45.6. The third-order valence-corrected chi connectivity index (χ3v) is 8.97. The summed E-state index contributed by atoms with van der Waals surface area (Å²) in [5.74, 6) is 1.68. The lowest BCUT2D eigenvalue weighted by Gasteiger charge is -2.27. The number of hydrogen-bond donors (Lipinski definition) is 3. The van der Waals surface area contributed by atoms with Crippen LogP contribution in [0.25, 0.3) is 33.6 Å². The van der Waals surface area contributed by atoms with Gasteiger partial charge in [-0.25, -0.2) is 14.8 Å². The number of imidazole rings is 2. The van der Waals surface area contributed by atoms with Crippen LogP contribution in [0, 0.1) is 5.92 Å². The van der Waals surface area contributed by atoms with Crippen LogP contribution in [0.3, 0.4) is 0 Å². The second kappa shape index (κ2) is 12.7. The summed E-state index contributed by atoms with van der Waals surface area (Å²) in [7, 11) is 0. The summed E-state index contributed by atoms with van der Waals surface area (Å²) in [6.45, 7) is 11.0. The Labute approximate surface area is 270 Å². The standard InChI is InChI=1S/C36H45N7O3/c1-22(2)31(37)34(44)42-18-6-8-29(42)32-38-20-27(40-32)25-14-10-23(11-15-25)24-12-16-26(17-13-24)28-21-39-33(41-28)30-9-7-19-43(30)35(45)46-36(3,4)5/h10-17,20-22,29-31H,6-9,18-19,37H2,1-5H3,(H,38,40)(H,39,41)/t29?,30-,31?/m0/s1. The molecule has 2 aromatic heterocycles. The molecule has 0 radical (unpaired) electrons. The van der Waals surface area contributed by atoms with Gasteiger partial charge < -0.3 is 25.3 Å². The molecule has 6 rings (SSSR count). The predicted molar refractivity (Wildman–Crippen MR) is 178 cm³/mol. The number of carbonyl (C=O) groups is 2. The molecular formula is C36H45N7O3. The van der Waals surface area contributed by atoms with Gasteiger partial charge in [-0.05, 0) is 74.6 Å². The maximum Gasteiger partial charge on any atom is 0.410 e. The van der Waals surface area contributed by atoms with Gasteiger partial charge >= 0.3 is 6.09 Å². The second-order valence-electron chi connectivity index (χ2n) is 13.8. The Balaban J connectivity index is 1.11. The van der Waals surface area contributed by atoms with Crippen molar-refractivity contribution in [3.8, 4) is 33.6 Å². The lowest BCUT2D eigenvalue weighted by molar-refractivity contribution is -0.134. The van der Waals surface area contributed by atoms with E-state index in [0.29, 0.717) is 13.1 Å². The highest BCUT2D eigenvalue weighted by molar-refractivity contribution is 5.82. The van der Waals surface area contributed by atoms with Crippen LogP contribution in [0.2, 0.25) is 0 Å². The van der Waals surface area contributed by atoms with E-state index in [-0.39, 0.29) is 30.0 Å². The van der Waals surface area contributed by atoms with Gasteiger partial charge in [0.25, 0.3) is 0 Å². The van der Waals surface area contributed by atoms with Crippen LogP contribution in [0.15, 0.2) is 60.9 Å². The molecule has 46 heavy (non-hydrogen) atoms. The van der Waals surface area contributed by atoms with Crippen molar-refractivity contribution in [1.29, 1.82) is 0 Å². The van der Waals surface area contributed by atoms with Crippen molar-refractivity contribution in [2.24, 2.45) is 11.7 Å². The molecule has 0 spiro atoms. The average Bonchev–Trinajstić information content (AvgIpc) is 3.85. The average molecular weight is 624 g/mol. The smallest absolute Gasteiger partial charge is 0.410 e. The highest BCUT2D eigenvalue weighted by Crippen LogP contribution is 2.35. The number of rotatable bonds is 7. The molecule has 3 atom stereocenters. The topological polar surface area (TPSA) is 133 Å². The number of nitrogens with two attached hydrogens (primary N) is 1. The Morgan fingerprint density at radius 3 is 1.67 bits per heavy atom. The first-order valence-corrected chi connectivity index (χ1v) is 16.4. The van der Waals surface area contributed by atoms with Crippen molar-refractivity contribution in [1.82, 2.24) is 29.7 Å². The molecule has 4 heterocycles. The van der Waals surface area contributed by atoms with Gasteiger partial charge in [0.15, 0.2) is 0 Å². The Hall–Kier alpha value is -4.44. The lowest BCUT2D eigenvalue weighted by atomic mass is 10.0. The molecule has 2 saturated heterocycles. The molecule has 2 amide bonds. The first kappa shape index (κ1) is 31.5.